The molecule has 1 aromatic heterocycles. The van der Waals surface area contributed by atoms with Crippen molar-refractivity contribution in [2.45, 2.75) is 32.5 Å². The molecule has 1 saturated heterocycles. The van der Waals surface area contributed by atoms with Gasteiger partial charge in [0.1, 0.15) is 11.6 Å². The van der Waals surface area contributed by atoms with Gasteiger partial charge in [-0.05, 0) is 25.5 Å². The number of nitrogens with one attached hydrogen (secondary N) is 2. The van der Waals surface area contributed by atoms with Crippen molar-refractivity contribution in [3.8, 4) is 17.6 Å². The Morgan fingerprint density at radius 3 is 2.79 bits per heavy atom. The number of alkyl halides is 1. The third-order valence-corrected chi connectivity index (χ3v) is 5.16. The number of hydrogen-bond donors (Lipinski definition) is 3. The van der Waals surface area contributed by atoms with Crippen LogP contribution in [0, 0.1) is 17.8 Å². The monoisotopic (exact) mass is 398 g/mol. The van der Waals surface area contributed by atoms with Crippen LogP contribution in [0.3, 0.4) is 0 Å². The second kappa shape index (κ2) is 8.35. The fourth-order valence-electron chi connectivity index (χ4n) is 3.67. The number of nitrogens with zero attached hydrogens (tertiary/aromatic N) is 1. The summed E-state index contributed by atoms with van der Waals surface area (Å²) in [5, 5.41) is 7.25. The Balaban J connectivity index is 2.02. The lowest BCUT2D eigenvalue weighted by Gasteiger charge is -2.20. The number of carbonyl (C=O) groups excluding carboxylic acids is 2. The van der Waals surface area contributed by atoms with Gasteiger partial charge in [0.05, 0.1) is 24.3 Å². The molecule has 0 bridgehead atoms. The SMILES string of the molecule is CC#Cc1cnc(NCC2NC(=O)[C@@H](F)[C@H]2CC)c2cc(OC)c(C(N)=O)cc12. The minimum absolute atomic E-state index is 0.241. The number of aromatic nitrogens is 1. The predicted octanol–water partition coefficient (Wildman–Crippen LogP) is 1.99. The quantitative estimate of drug-likeness (QED) is 0.645. The third kappa shape index (κ3) is 3.81. The molecule has 7 nitrogen and oxygen atoms in total. The molecule has 3 rings (SSSR count). The molecule has 2 heterocycles. The van der Waals surface area contributed by atoms with E-state index in [1.54, 1.807) is 25.3 Å². The van der Waals surface area contributed by atoms with E-state index in [4.69, 9.17) is 10.5 Å². The maximum Gasteiger partial charge on any atom is 0.255 e. The summed E-state index contributed by atoms with van der Waals surface area (Å²) >= 11 is 0. The zero-order valence-electron chi connectivity index (χ0n) is 16.5. The molecule has 1 aliphatic rings. The number of pyridine rings is 1. The maximum absolute atomic E-state index is 14.0. The van der Waals surface area contributed by atoms with E-state index >= 15 is 0 Å². The lowest BCUT2D eigenvalue weighted by Crippen LogP contribution is -2.35. The third-order valence-electron chi connectivity index (χ3n) is 5.16. The average molecular weight is 398 g/mol. The Kier molecular flexibility index (Phi) is 5.87. The van der Waals surface area contributed by atoms with Crippen molar-refractivity contribution in [1.29, 1.82) is 0 Å². The second-order valence-corrected chi connectivity index (χ2v) is 6.83. The molecule has 29 heavy (non-hydrogen) atoms. The smallest absolute Gasteiger partial charge is 0.255 e. The molecular formula is C21H23FN4O3. The summed E-state index contributed by atoms with van der Waals surface area (Å²) in [6.07, 6.45) is 0.638. The van der Waals surface area contributed by atoms with Crippen LogP contribution >= 0.6 is 0 Å². The minimum Gasteiger partial charge on any atom is -0.496 e. The lowest BCUT2D eigenvalue weighted by atomic mass is 9.96. The van der Waals surface area contributed by atoms with Crippen LogP contribution in [0.5, 0.6) is 5.75 Å². The van der Waals surface area contributed by atoms with E-state index in [1.807, 2.05) is 6.92 Å². The molecule has 3 atom stereocenters. The number of fused-ring (bicyclic) bond motifs is 1. The summed E-state index contributed by atoms with van der Waals surface area (Å²) in [5.74, 6) is 5.04. The van der Waals surface area contributed by atoms with Gasteiger partial charge in [0.15, 0.2) is 6.17 Å². The van der Waals surface area contributed by atoms with Crippen molar-refractivity contribution in [2.24, 2.45) is 11.7 Å². The van der Waals surface area contributed by atoms with Crippen molar-refractivity contribution in [2.75, 3.05) is 19.0 Å². The van der Waals surface area contributed by atoms with Crippen LogP contribution in [0.15, 0.2) is 18.3 Å². The zero-order valence-corrected chi connectivity index (χ0v) is 16.5. The summed E-state index contributed by atoms with van der Waals surface area (Å²) in [5.41, 5.74) is 6.36. The number of rotatable bonds is 6. The first-order valence-electron chi connectivity index (χ1n) is 9.32. The first-order chi connectivity index (χ1) is 13.9. The van der Waals surface area contributed by atoms with Crippen molar-refractivity contribution in [3.63, 3.8) is 0 Å². The highest BCUT2D eigenvalue weighted by Gasteiger charge is 2.41. The lowest BCUT2D eigenvalue weighted by molar-refractivity contribution is -0.123. The Morgan fingerprint density at radius 1 is 1.41 bits per heavy atom. The summed E-state index contributed by atoms with van der Waals surface area (Å²) in [6, 6.07) is 2.96. The Morgan fingerprint density at radius 2 is 2.17 bits per heavy atom. The van der Waals surface area contributed by atoms with Crippen LogP contribution in [-0.2, 0) is 4.79 Å². The molecule has 1 unspecified atom stereocenters. The molecule has 0 aliphatic carbocycles. The number of methoxy groups -OCH3 is 1. The normalized spacial score (nSPS) is 20.7. The van der Waals surface area contributed by atoms with Gasteiger partial charge in [-0.2, -0.15) is 0 Å². The fraction of sp³-hybridized carbons (Fsp3) is 0.381. The van der Waals surface area contributed by atoms with Crippen molar-refractivity contribution < 1.29 is 18.7 Å². The Bertz CT molecular complexity index is 1030. The van der Waals surface area contributed by atoms with Gasteiger partial charge in [-0.3, -0.25) is 9.59 Å². The molecule has 0 radical (unpaired) electrons. The minimum atomic E-state index is -1.50. The van der Waals surface area contributed by atoms with E-state index in [1.165, 1.54) is 7.11 Å². The molecular weight excluding hydrogens is 375 g/mol. The van der Waals surface area contributed by atoms with Crippen LogP contribution < -0.4 is 21.1 Å². The van der Waals surface area contributed by atoms with Crippen molar-refractivity contribution in [1.82, 2.24) is 10.3 Å². The number of ether oxygens (including phenoxy) is 1. The summed E-state index contributed by atoms with van der Waals surface area (Å²) in [6.45, 7) is 3.87. The standard InChI is InChI=1S/C21H23FN4O3/c1-4-6-11-9-24-20(25-10-16-12(5-2)18(22)21(28)26-16)14-8-17(29-3)15(19(23)27)7-13(11)14/h7-9,12,16,18H,5,10H2,1-3H3,(H2,23,27)(H,24,25)(H,26,28)/t12-,16?,18-/m0/s1. The zero-order chi connectivity index (χ0) is 21.1. The molecule has 1 aromatic carbocycles. The van der Waals surface area contributed by atoms with Gasteiger partial charge >= 0.3 is 0 Å². The Hall–Kier alpha value is -3.34. The molecule has 0 saturated carbocycles. The van der Waals surface area contributed by atoms with Crippen molar-refractivity contribution >= 4 is 28.4 Å². The van der Waals surface area contributed by atoms with Gasteiger partial charge in [-0.15, -0.1) is 5.92 Å². The number of nitrogens with two attached hydrogens (primary N) is 1. The molecule has 1 aliphatic heterocycles. The van der Waals surface area contributed by atoms with Crippen LogP contribution in [0.25, 0.3) is 10.8 Å². The van der Waals surface area contributed by atoms with E-state index in [9.17, 15) is 14.0 Å². The second-order valence-electron chi connectivity index (χ2n) is 6.83. The number of carbonyl (C=O) groups is 2. The van der Waals surface area contributed by atoms with Gasteiger partial charge in [-0.25, -0.2) is 9.37 Å². The van der Waals surface area contributed by atoms with E-state index in [0.29, 0.717) is 40.9 Å². The molecule has 0 spiro atoms. The molecule has 4 N–H and O–H groups in total. The largest absolute Gasteiger partial charge is 0.496 e. The topological polar surface area (TPSA) is 106 Å². The molecule has 1 fully saturated rings. The van der Waals surface area contributed by atoms with Gasteiger partial charge in [0, 0.05) is 29.4 Å². The van der Waals surface area contributed by atoms with Gasteiger partial charge < -0.3 is 21.1 Å². The van der Waals surface area contributed by atoms with E-state index in [0.717, 1.165) is 0 Å². The summed E-state index contributed by atoms with van der Waals surface area (Å²) in [4.78, 5) is 27.9. The maximum atomic E-state index is 14.0. The van der Waals surface area contributed by atoms with E-state index in [2.05, 4.69) is 27.5 Å². The van der Waals surface area contributed by atoms with Crippen LogP contribution in [0.1, 0.15) is 36.2 Å². The number of primary amides is 1. The van der Waals surface area contributed by atoms with Gasteiger partial charge in [-0.1, -0.05) is 12.8 Å². The predicted molar refractivity (Wildman–Crippen MR) is 108 cm³/mol. The molecule has 2 amide bonds. The van der Waals surface area contributed by atoms with Crippen molar-refractivity contribution in [3.05, 3.63) is 29.5 Å². The Labute approximate surface area is 168 Å². The van der Waals surface area contributed by atoms with Crippen LogP contribution in [0.4, 0.5) is 10.2 Å². The molecule has 8 heteroatoms. The van der Waals surface area contributed by atoms with Gasteiger partial charge in [0.25, 0.3) is 11.8 Å². The molecule has 2 aromatic rings. The number of halogens is 1. The highest BCUT2D eigenvalue weighted by Crippen LogP contribution is 2.32. The van der Waals surface area contributed by atoms with E-state index < -0.39 is 23.9 Å². The number of anilines is 1. The average Bonchev–Trinajstić information content (AvgIpc) is 2.99. The molecule has 152 valence electrons. The summed E-state index contributed by atoms with van der Waals surface area (Å²) in [7, 11) is 1.45. The first-order valence-corrected chi connectivity index (χ1v) is 9.32. The van der Waals surface area contributed by atoms with Gasteiger partial charge in [0.2, 0.25) is 0 Å². The van der Waals surface area contributed by atoms with Crippen LogP contribution in [0.2, 0.25) is 0 Å². The number of amides is 2. The highest BCUT2D eigenvalue weighted by molar-refractivity contribution is 6.04. The summed E-state index contributed by atoms with van der Waals surface area (Å²) < 4.78 is 19.3. The highest BCUT2D eigenvalue weighted by atomic mass is 19.1. The fourth-order valence-corrected chi connectivity index (χ4v) is 3.67. The number of hydrogen-bond acceptors (Lipinski definition) is 5. The first kappa shape index (κ1) is 20.4. The van der Waals surface area contributed by atoms with E-state index in [-0.39, 0.29) is 11.6 Å². The van der Waals surface area contributed by atoms with Crippen LogP contribution in [-0.4, -0.2) is 42.7 Å². The number of benzene rings is 1.